The van der Waals surface area contributed by atoms with Crippen LogP contribution in [0.1, 0.15) is 27.2 Å². The molecule has 0 N–H and O–H groups in total. The van der Waals surface area contributed by atoms with E-state index in [0.29, 0.717) is 0 Å². The van der Waals surface area contributed by atoms with Crippen molar-refractivity contribution in [1.29, 1.82) is 0 Å². The molecule has 0 saturated heterocycles. The van der Waals surface area contributed by atoms with Crippen molar-refractivity contribution in [3.8, 4) is 11.5 Å². The molecule has 0 unspecified atom stereocenters. The molecular weight excluding hydrogens is 224 g/mol. The Bertz CT molecular complexity index is 274. The summed E-state index contributed by atoms with van der Waals surface area (Å²) in [7, 11) is -2.40. The maximum atomic E-state index is 4.20. The molecule has 0 aromatic heterocycles. The zero-order chi connectivity index (χ0) is 12.8. The van der Waals surface area contributed by atoms with Crippen LogP contribution in [0, 0.1) is 11.5 Å². The van der Waals surface area contributed by atoms with Gasteiger partial charge >= 0.3 is 0 Å². The molecule has 0 saturated carbocycles. The van der Waals surface area contributed by atoms with Gasteiger partial charge in [-0.25, -0.2) is 0 Å². The van der Waals surface area contributed by atoms with Gasteiger partial charge in [0.15, 0.2) is 0 Å². The number of rotatable bonds is 5. The highest BCUT2D eigenvalue weighted by Gasteiger charge is 2.24. The monoisotopic (exact) mass is 252 g/mol. The first kappa shape index (κ1) is 15.7. The van der Waals surface area contributed by atoms with E-state index in [2.05, 4.69) is 58.5 Å². The Kier molecular flexibility index (Phi) is 6.36. The molecule has 0 atom stereocenters. The van der Waals surface area contributed by atoms with Gasteiger partial charge in [0, 0.05) is 6.42 Å². The highest BCUT2D eigenvalue weighted by molar-refractivity contribution is 6.87. The third-order valence-corrected chi connectivity index (χ3v) is 10.8. The summed E-state index contributed by atoms with van der Waals surface area (Å²) >= 11 is 0. The zero-order valence-electron chi connectivity index (χ0n) is 12.0. The van der Waals surface area contributed by atoms with Crippen molar-refractivity contribution in [2.75, 3.05) is 0 Å². The highest BCUT2D eigenvalue weighted by Crippen LogP contribution is 2.20. The minimum atomic E-state index is -1.23. The maximum Gasteiger partial charge on any atom is 0.137 e. The van der Waals surface area contributed by atoms with E-state index >= 15 is 0 Å². The lowest BCUT2D eigenvalue weighted by Crippen LogP contribution is -2.29. The lowest BCUT2D eigenvalue weighted by molar-refractivity contribution is 1.20. The predicted octanol–water partition coefficient (Wildman–Crippen LogP) is 4.86. The van der Waals surface area contributed by atoms with Crippen LogP contribution in [0.2, 0.25) is 37.8 Å². The summed E-state index contributed by atoms with van der Waals surface area (Å²) in [4.78, 5) is 0. The van der Waals surface area contributed by atoms with Crippen LogP contribution >= 0.6 is 0 Å². The van der Waals surface area contributed by atoms with Crippen molar-refractivity contribution >= 4 is 16.1 Å². The van der Waals surface area contributed by atoms with Gasteiger partial charge in [0.25, 0.3) is 0 Å². The molecule has 0 radical (unpaired) electrons. The molecular formula is C14H28Si2. The van der Waals surface area contributed by atoms with E-state index in [-0.39, 0.29) is 0 Å². The summed E-state index contributed by atoms with van der Waals surface area (Å²) in [5.74, 6) is 3.43. The molecule has 92 valence electrons. The summed E-state index contributed by atoms with van der Waals surface area (Å²) in [6.45, 7) is 18.2. The van der Waals surface area contributed by atoms with Crippen molar-refractivity contribution < 1.29 is 0 Å². The molecule has 0 rings (SSSR count). The Hall–Kier alpha value is -0.266. The Labute approximate surface area is 105 Å². The van der Waals surface area contributed by atoms with E-state index in [4.69, 9.17) is 0 Å². The van der Waals surface area contributed by atoms with Gasteiger partial charge in [0.05, 0.1) is 8.07 Å². The molecule has 0 amide bonds. The van der Waals surface area contributed by atoms with Crippen molar-refractivity contribution in [1.82, 2.24) is 0 Å². The first-order valence-corrected chi connectivity index (χ1v) is 12.6. The molecule has 0 aliphatic heterocycles. The lowest BCUT2D eigenvalue weighted by atomic mass is 10.4. The first-order valence-electron chi connectivity index (χ1n) is 6.49. The van der Waals surface area contributed by atoms with E-state index in [9.17, 15) is 0 Å². The molecule has 0 heterocycles. The molecule has 0 aliphatic rings. The third kappa shape index (κ3) is 4.71. The molecule has 0 aromatic carbocycles. The lowest BCUT2D eigenvalue weighted by Gasteiger charge is -2.21. The second kappa shape index (κ2) is 6.46. The average molecular weight is 253 g/mol. The van der Waals surface area contributed by atoms with Crippen LogP contribution < -0.4 is 0 Å². The van der Waals surface area contributed by atoms with Crippen LogP contribution in [0.15, 0.2) is 11.8 Å². The van der Waals surface area contributed by atoms with E-state index in [1.165, 1.54) is 23.3 Å². The van der Waals surface area contributed by atoms with E-state index in [1.807, 2.05) is 0 Å². The number of hydrogen-bond donors (Lipinski definition) is 0. The summed E-state index contributed by atoms with van der Waals surface area (Å²) < 4.78 is 0. The summed E-state index contributed by atoms with van der Waals surface area (Å²) in [5.41, 5.74) is 3.64. The Balaban J connectivity index is 4.56. The summed E-state index contributed by atoms with van der Waals surface area (Å²) in [6.07, 6.45) is 0.935. The average Bonchev–Trinajstić information content (AvgIpc) is 2.23. The minimum Gasteiger partial charge on any atom is -0.131 e. The quantitative estimate of drug-likeness (QED) is 0.484. The SMILES string of the molecule is C=C(CC#C[Si](CC)(CC)CC)[Si](C)(C)C. The first-order chi connectivity index (χ1) is 7.31. The topological polar surface area (TPSA) is 0 Å². The third-order valence-electron chi connectivity index (χ3n) is 3.75. The van der Waals surface area contributed by atoms with Crippen LogP contribution in [-0.2, 0) is 0 Å². The normalized spacial score (nSPS) is 11.9. The van der Waals surface area contributed by atoms with Crippen LogP contribution in [0.4, 0.5) is 0 Å². The van der Waals surface area contributed by atoms with Gasteiger partial charge in [-0.05, 0) is 18.1 Å². The van der Waals surface area contributed by atoms with E-state index in [1.54, 1.807) is 0 Å². The minimum absolute atomic E-state index is 0.935. The fourth-order valence-electron chi connectivity index (χ4n) is 1.62. The largest absolute Gasteiger partial charge is 0.137 e. The molecule has 0 aromatic rings. The standard InChI is InChI=1S/C14H28Si2/c1-8-16(9-2,10-3)13-11-12-14(4)15(5,6)7/h4,8-10,12H2,1-3,5-7H3. The molecule has 2 heteroatoms. The van der Waals surface area contributed by atoms with Crippen LogP contribution in [-0.4, -0.2) is 16.1 Å². The van der Waals surface area contributed by atoms with Crippen LogP contribution in [0.5, 0.6) is 0 Å². The Morgan fingerprint density at radius 2 is 1.44 bits per heavy atom. The molecule has 0 bridgehead atoms. The van der Waals surface area contributed by atoms with Crippen LogP contribution in [0.3, 0.4) is 0 Å². The van der Waals surface area contributed by atoms with Gasteiger partial charge in [-0.3, -0.25) is 0 Å². The van der Waals surface area contributed by atoms with E-state index in [0.717, 1.165) is 6.42 Å². The van der Waals surface area contributed by atoms with Crippen LogP contribution in [0.25, 0.3) is 0 Å². The van der Waals surface area contributed by atoms with Gasteiger partial charge in [-0.1, -0.05) is 45.6 Å². The molecule has 0 nitrogen and oxygen atoms in total. The maximum absolute atomic E-state index is 4.20. The zero-order valence-corrected chi connectivity index (χ0v) is 14.0. The fraction of sp³-hybridized carbons (Fsp3) is 0.714. The fourth-order valence-corrected chi connectivity index (χ4v) is 4.73. The smallest absolute Gasteiger partial charge is 0.131 e. The second-order valence-corrected chi connectivity index (χ2v) is 15.8. The molecule has 0 aliphatic carbocycles. The van der Waals surface area contributed by atoms with Gasteiger partial charge in [-0.2, -0.15) is 0 Å². The summed E-state index contributed by atoms with van der Waals surface area (Å²) in [6, 6.07) is 3.89. The Morgan fingerprint density at radius 3 is 1.75 bits per heavy atom. The Morgan fingerprint density at radius 1 is 1.00 bits per heavy atom. The van der Waals surface area contributed by atoms with E-state index < -0.39 is 16.1 Å². The molecule has 0 fully saturated rings. The van der Waals surface area contributed by atoms with Gasteiger partial charge < -0.3 is 0 Å². The van der Waals surface area contributed by atoms with Crippen molar-refractivity contribution in [2.24, 2.45) is 0 Å². The summed E-state index contributed by atoms with van der Waals surface area (Å²) in [5, 5.41) is 1.39. The van der Waals surface area contributed by atoms with Gasteiger partial charge in [0.2, 0.25) is 0 Å². The second-order valence-electron chi connectivity index (χ2n) is 5.67. The van der Waals surface area contributed by atoms with Crippen molar-refractivity contribution in [3.63, 3.8) is 0 Å². The van der Waals surface area contributed by atoms with Crippen molar-refractivity contribution in [3.05, 3.63) is 11.8 Å². The van der Waals surface area contributed by atoms with Gasteiger partial charge in [-0.15, -0.1) is 18.0 Å². The molecule has 16 heavy (non-hydrogen) atoms. The van der Waals surface area contributed by atoms with Gasteiger partial charge in [0.1, 0.15) is 8.07 Å². The number of hydrogen-bond acceptors (Lipinski definition) is 0. The predicted molar refractivity (Wildman–Crippen MR) is 82.1 cm³/mol. The highest BCUT2D eigenvalue weighted by atomic mass is 28.3. The molecule has 0 spiro atoms. The number of allylic oxidation sites excluding steroid dienone is 1. The van der Waals surface area contributed by atoms with Crippen molar-refractivity contribution in [2.45, 2.75) is 65.0 Å².